The van der Waals surface area contributed by atoms with Crippen LogP contribution in [0.15, 0.2) is 41.2 Å². The highest BCUT2D eigenvalue weighted by atomic mass is 35.5. The third-order valence-corrected chi connectivity index (χ3v) is 14.9. The number of allylic oxidation sites excluding steroid dienone is 2. The van der Waals surface area contributed by atoms with Crippen LogP contribution in [-0.2, 0) is 40.5 Å². The maximum absolute atomic E-state index is 14.8. The van der Waals surface area contributed by atoms with Gasteiger partial charge in [0.05, 0.1) is 35.6 Å². The second-order valence-electron chi connectivity index (χ2n) is 17.8. The number of aromatic nitrogens is 1. The molecule has 1 saturated heterocycles. The summed E-state index contributed by atoms with van der Waals surface area (Å²) in [6.07, 6.45) is 8.56. The molecule has 3 aliphatic carbocycles. The van der Waals surface area contributed by atoms with Crippen molar-refractivity contribution >= 4 is 56.0 Å². The van der Waals surface area contributed by atoms with Gasteiger partial charge in [0.2, 0.25) is 21.8 Å². The van der Waals surface area contributed by atoms with E-state index >= 15 is 0 Å². The lowest BCUT2D eigenvalue weighted by atomic mass is 9.77. The topological polar surface area (TPSA) is 158 Å². The first kappa shape index (κ1) is 40.5. The van der Waals surface area contributed by atoms with Crippen LogP contribution in [0.25, 0.3) is 10.8 Å². The zero-order valence-electron chi connectivity index (χ0n) is 32.8. The molecule has 14 heteroatoms. The Balaban J connectivity index is 1.25. The lowest BCUT2D eigenvalue weighted by molar-refractivity contribution is -0.158. The number of hydrogen-bond donors (Lipinski definition) is 1. The largest absolute Gasteiger partial charge is 0.473 e. The molecule has 1 aromatic heterocycles. The first-order valence-electron chi connectivity index (χ1n) is 20.2. The van der Waals surface area contributed by atoms with Crippen LogP contribution in [0.5, 0.6) is 5.88 Å². The standard InChI is InChI=1S/C42H54ClN3O9S/c1-5-27-22-42(27,40(51)44-56(52,53)30-14-15-30)23-34(47)33-20-29-24-46(33)39(50)32(41(2,3)4)21-37(48)55-35-12-9-11-25(35)10-7-6-8-17-45-36(54-29)19-26-18-28(43)13-16-31(26)38(45)49/h6-7,13,16,18-19,25,27,29-30,32-33,35H,5,8-12,14-15,17,20-24H2,1-4H3,(H,44,51)/b7-6+/t25-,27+,29-,32-,33+,35-,42-/m1/s1. The highest BCUT2D eigenvalue weighted by Crippen LogP contribution is 2.58. The van der Waals surface area contributed by atoms with Crippen molar-refractivity contribution in [1.82, 2.24) is 14.2 Å². The highest BCUT2D eigenvalue weighted by Gasteiger charge is 2.62. The molecule has 2 aromatic rings. The van der Waals surface area contributed by atoms with Crippen LogP contribution >= 0.6 is 11.6 Å². The van der Waals surface area contributed by atoms with Gasteiger partial charge in [-0.25, -0.2) is 8.42 Å². The van der Waals surface area contributed by atoms with Gasteiger partial charge in [-0.15, -0.1) is 0 Å². The zero-order chi connectivity index (χ0) is 40.2. The number of halogens is 1. The average molecular weight is 812 g/mol. The van der Waals surface area contributed by atoms with E-state index in [-0.39, 0.29) is 61.0 Å². The van der Waals surface area contributed by atoms with Gasteiger partial charge in [-0.3, -0.25) is 33.3 Å². The molecule has 0 spiro atoms. The fourth-order valence-corrected chi connectivity index (χ4v) is 10.8. The molecule has 7 rings (SSSR count). The number of fused-ring (bicyclic) bond motifs is 5. The van der Waals surface area contributed by atoms with Gasteiger partial charge in [0.15, 0.2) is 11.7 Å². The van der Waals surface area contributed by atoms with Crippen LogP contribution in [0.4, 0.5) is 0 Å². The van der Waals surface area contributed by atoms with Crippen molar-refractivity contribution in [3.05, 3.63) is 51.8 Å². The number of carbonyl (C=O) groups is 4. The van der Waals surface area contributed by atoms with E-state index in [1.807, 2.05) is 33.8 Å². The summed E-state index contributed by atoms with van der Waals surface area (Å²) in [4.78, 5) is 72.2. The molecule has 12 nitrogen and oxygen atoms in total. The summed E-state index contributed by atoms with van der Waals surface area (Å²) in [6.45, 7) is 7.86. The van der Waals surface area contributed by atoms with Crippen LogP contribution < -0.4 is 15.0 Å². The Morgan fingerprint density at radius 1 is 1.04 bits per heavy atom. The smallest absolute Gasteiger partial charge is 0.306 e. The Bertz CT molecular complexity index is 2100. The quantitative estimate of drug-likeness (QED) is 0.258. The number of nitrogens with zero attached hydrogens (tertiary/aromatic N) is 2. The predicted octanol–water partition coefficient (Wildman–Crippen LogP) is 6.10. The third kappa shape index (κ3) is 8.31. The van der Waals surface area contributed by atoms with Crippen LogP contribution in [-0.4, -0.2) is 71.5 Å². The van der Waals surface area contributed by atoms with Gasteiger partial charge < -0.3 is 14.4 Å². The van der Waals surface area contributed by atoms with Crippen molar-refractivity contribution in [3.8, 4) is 5.88 Å². The molecule has 3 saturated carbocycles. The van der Waals surface area contributed by atoms with Gasteiger partial charge in [-0.05, 0) is 92.2 Å². The molecule has 0 unspecified atom stereocenters. The molecule has 2 amide bonds. The second kappa shape index (κ2) is 15.6. The Kier molecular flexibility index (Phi) is 11.3. The van der Waals surface area contributed by atoms with Gasteiger partial charge in [0.25, 0.3) is 5.56 Å². The molecule has 56 heavy (non-hydrogen) atoms. The molecule has 4 fully saturated rings. The number of sulfonamides is 1. The summed E-state index contributed by atoms with van der Waals surface area (Å²) < 4.78 is 42.2. The second-order valence-corrected chi connectivity index (χ2v) is 20.2. The number of rotatable bonds is 7. The fraction of sp³-hybridized carbons (Fsp3) is 0.643. The Morgan fingerprint density at radius 3 is 2.50 bits per heavy atom. The average Bonchev–Trinajstić information content (AvgIpc) is 4.02. The van der Waals surface area contributed by atoms with E-state index < -0.39 is 62.0 Å². The Morgan fingerprint density at radius 2 is 1.80 bits per heavy atom. The van der Waals surface area contributed by atoms with E-state index in [1.54, 1.807) is 28.8 Å². The maximum Gasteiger partial charge on any atom is 0.306 e. The van der Waals surface area contributed by atoms with Gasteiger partial charge in [-0.1, -0.05) is 57.9 Å². The number of esters is 1. The van der Waals surface area contributed by atoms with Crippen molar-refractivity contribution in [2.24, 2.45) is 28.6 Å². The van der Waals surface area contributed by atoms with E-state index in [0.717, 1.165) is 25.7 Å². The minimum Gasteiger partial charge on any atom is -0.473 e. The normalized spacial score (nSPS) is 30.7. The fourth-order valence-electron chi connectivity index (χ4n) is 9.20. The number of carbonyl (C=O) groups excluding carboxylic acids is 4. The number of benzene rings is 1. The minimum absolute atomic E-state index is 0.00426. The monoisotopic (exact) mass is 811 g/mol. The molecule has 2 bridgehead atoms. The molecule has 3 heterocycles. The van der Waals surface area contributed by atoms with Gasteiger partial charge >= 0.3 is 5.97 Å². The maximum atomic E-state index is 14.8. The molecule has 7 atom stereocenters. The summed E-state index contributed by atoms with van der Waals surface area (Å²) in [6, 6.07) is 5.80. The Hall–Kier alpha value is -3.71. The van der Waals surface area contributed by atoms with Crippen LogP contribution in [0.2, 0.25) is 5.02 Å². The SMILES string of the molecule is CC[C@H]1C[C@]1(CC(=O)[C@@H]1C[C@@H]2CN1C(=O)[C@H](C(C)(C)C)CC(=O)O[C@@H]1CCC[C@H]1C/C=C/CCn1c(cc3cc(Cl)ccc3c1=O)O2)C(=O)NS(=O)(=O)C1CC1. The summed E-state index contributed by atoms with van der Waals surface area (Å²) in [7, 11) is -3.84. The molecule has 1 aromatic carbocycles. The molecule has 1 N–H and O–H groups in total. The molecule has 0 radical (unpaired) electrons. The van der Waals surface area contributed by atoms with Crippen LogP contribution in [0.1, 0.15) is 105 Å². The molecule has 304 valence electrons. The summed E-state index contributed by atoms with van der Waals surface area (Å²) in [5.41, 5.74) is -2.15. The third-order valence-electron chi connectivity index (χ3n) is 12.8. The first-order chi connectivity index (χ1) is 26.5. The lowest BCUT2D eigenvalue weighted by Crippen LogP contribution is -2.48. The molecular weight excluding hydrogens is 758 g/mol. The Labute approximate surface area is 333 Å². The molecular formula is C42H54ClN3O9S. The van der Waals surface area contributed by atoms with Crippen molar-refractivity contribution in [1.29, 1.82) is 0 Å². The number of amides is 2. The van der Waals surface area contributed by atoms with Gasteiger partial charge in [0, 0.05) is 35.9 Å². The van der Waals surface area contributed by atoms with Crippen LogP contribution in [0.3, 0.4) is 0 Å². The van der Waals surface area contributed by atoms with E-state index in [4.69, 9.17) is 21.1 Å². The van der Waals surface area contributed by atoms with E-state index in [1.165, 1.54) is 4.90 Å². The zero-order valence-corrected chi connectivity index (χ0v) is 34.3. The lowest BCUT2D eigenvalue weighted by Gasteiger charge is -2.35. The summed E-state index contributed by atoms with van der Waals surface area (Å²) >= 11 is 6.34. The number of hydrogen-bond acceptors (Lipinski definition) is 9. The summed E-state index contributed by atoms with van der Waals surface area (Å²) in [5.74, 6) is -2.49. The molecule has 2 aliphatic heterocycles. The number of Topliss-reactive ketones (excluding diaryl/α,β-unsaturated/α-hetero) is 1. The minimum atomic E-state index is -3.84. The summed E-state index contributed by atoms with van der Waals surface area (Å²) in [5, 5.41) is 0.933. The molecule has 5 aliphatic rings. The van der Waals surface area contributed by atoms with Gasteiger partial charge in [-0.2, -0.15) is 0 Å². The first-order valence-corrected chi connectivity index (χ1v) is 22.2. The number of ketones is 1. The van der Waals surface area contributed by atoms with E-state index in [0.29, 0.717) is 54.4 Å². The van der Waals surface area contributed by atoms with Crippen molar-refractivity contribution in [2.75, 3.05) is 6.54 Å². The highest BCUT2D eigenvalue weighted by molar-refractivity contribution is 7.90. The van der Waals surface area contributed by atoms with E-state index in [9.17, 15) is 32.4 Å². The van der Waals surface area contributed by atoms with Crippen molar-refractivity contribution < 1.29 is 37.1 Å². The number of ether oxygens (including phenoxy) is 2. The van der Waals surface area contributed by atoms with Crippen molar-refractivity contribution in [3.63, 3.8) is 0 Å². The van der Waals surface area contributed by atoms with Crippen molar-refractivity contribution in [2.45, 2.75) is 135 Å². The predicted molar refractivity (Wildman–Crippen MR) is 211 cm³/mol. The number of nitrogens with one attached hydrogen (secondary N) is 1. The van der Waals surface area contributed by atoms with E-state index in [2.05, 4.69) is 10.8 Å². The van der Waals surface area contributed by atoms with Crippen LogP contribution in [0, 0.1) is 28.6 Å². The number of pyridine rings is 1. The van der Waals surface area contributed by atoms with Gasteiger partial charge in [0.1, 0.15) is 12.2 Å².